The molecule has 55 heavy (non-hydrogen) atoms. The summed E-state index contributed by atoms with van der Waals surface area (Å²) < 4.78 is 48.8. The molecule has 1 unspecified atom stereocenters. The van der Waals surface area contributed by atoms with E-state index in [-0.39, 0.29) is 27.0 Å². The van der Waals surface area contributed by atoms with E-state index in [2.05, 4.69) is 44.8 Å². The van der Waals surface area contributed by atoms with E-state index < -0.39 is 72.2 Å². The number of ether oxygens (including phenoxy) is 4. The molecule has 0 N–H and O–H groups in total. The zero-order valence-corrected chi connectivity index (χ0v) is 35.5. The first-order valence-electron chi connectivity index (χ1n) is 18.2. The first-order chi connectivity index (χ1) is 25.9. The molecule has 10 nitrogen and oxygen atoms in total. The maximum Gasteiger partial charge on any atom is 0.338 e. The SMILES string of the molecule is C=CCC(CO[Si](C)(C)C(C)(C)C)S[C@H]1O[C@H](/C=N/[S@+]([O-])C(C)(C)C)[C@H](OC(=O)c2ccccc2)[C@H](OC(=O)c2ccccc2)[C@H]1OC(=O)c1ccccc1. The summed E-state index contributed by atoms with van der Waals surface area (Å²) in [6.45, 7) is 20.4. The van der Waals surface area contributed by atoms with Crippen molar-refractivity contribution in [3.05, 3.63) is 120 Å². The van der Waals surface area contributed by atoms with Crippen molar-refractivity contribution in [1.29, 1.82) is 0 Å². The molecule has 1 fully saturated rings. The molecule has 296 valence electrons. The molecule has 0 bridgehead atoms. The Morgan fingerprint density at radius 1 is 0.800 bits per heavy atom. The van der Waals surface area contributed by atoms with Crippen LogP contribution in [0, 0.1) is 0 Å². The van der Waals surface area contributed by atoms with E-state index in [1.165, 1.54) is 18.0 Å². The van der Waals surface area contributed by atoms with E-state index in [0.717, 1.165) is 0 Å². The average molecular weight is 808 g/mol. The van der Waals surface area contributed by atoms with Crippen molar-refractivity contribution < 1.29 is 42.3 Å². The van der Waals surface area contributed by atoms with Crippen molar-refractivity contribution in [3.63, 3.8) is 0 Å². The fourth-order valence-corrected chi connectivity index (χ4v) is 8.14. The molecule has 4 rings (SSSR count). The number of rotatable bonds is 15. The van der Waals surface area contributed by atoms with Crippen LogP contribution >= 0.6 is 11.8 Å². The second-order valence-electron chi connectivity index (χ2n) is 15.6. The van der Waals surface area contributed by atoms with Gasteiger partial charge in [0.25, 0.3) is 0 Å². The number of thioether (sulfide) groups is 1. The van der Waals surface area contributed by atoms with E-state index in [1.807, 2.05) is 0 Å². The van der Waals surface area contributed by atoms with Gasteiger partial charge in [-0.1, -0.05) is 85.8 Å². The van der Waals surface area contributed by atoms with E-state index in [9.17, 15) is 18.9 Å². The zero-order chi connectivity index (χ0) is 40.4. The number of nitrogens with zero attached hydrogens (tertiary/aromatic N) is 1. The summed E-state index contributed by atoms with van der Waals surface area (Å²) in [5, 5.41) is -0.299. The van der Waals surface area contributed by atoms with Crippen molar-refractivity contribution in [3.8, 4) is 0 Å². The Balaban J connectivity index is 1.86. The van der Waals surface area contributed by atoms with Crippen molar-refractivity contribution >= 4 is 55.6 Å². The Kier molecular flexibility index (Phi) is 15.5. The van der Waals surface area contributed by atoms with Crippen LogP contribution in [-0.4, -0.2) is 83.4 Å². The summed E-state index contributed by atoms with van der Waals surface area (Å²) in [5.74, 6) is -2.18. The third-order valence-corrected chi connectivity index (χ3v) is 16.5. The lowest BCUT2D eigenvalue weighted by atomic mass is 9.99. The fraction of sp³-hybridized carbons (Fsp3) is 0.429. The van der Waals surface area contributed by atoms with Gasteiger partial charge in [-0.2, -0.15) is 0 Å². The van der Waals surface area contributed by atoms with E-state index in [4.69, 9.17) is 23.4 Å². The lowest BCUT2D eigenvalue weighted by molar-refractivity contribution is -0.181. The third kappa shape index (κ3) is 12.4. The molecule has 0 aromatic heterocycles. The monoisotopic (exact) mass is 807 g/mol. The number of carbonyl (C=O) groups is 3. The van der Waals surface area contributed by atoms with Gasteiger partial charge in [0.1, 0.15) is 27.6 Å². The highest BCUT2D eigenvalue weighted by Gasteiger charge is 2.53. The number of carbonyl (C=O) groups excluding carboxylic acids is 3. The van der Waals surface area contributed by atoms with Gasteiger partial charge in [0.2, 0.25) is 0 Å². The van der Waals surface area contributed by atoms with Gasteiger partial charge < -0.3 is 27.9 Å². The molecule has 3 aromatic rings. The van der Waals surface area contributed by atoms with Crippen molar-refractivity contribution in [2.45, 2.75) is 106 Å². The predicted octanol–water partition coefficient (Wildman–Crippen LogP) is 8.62. The number of benzene rings is 3. The van der Waals surface area contributed by atoms with Crippen LogP contribution in [0.3, 0.4) is 0 Å². The summed E-state index contributed by atoms with van der Waals surface area (Å²) in [6, 6.07) is 25.0. The molecule has 3 aromatic carbocycles. The average Bonchev–Trinajstić information content (AvgIpc) is 3.15. The molecule has 0 amide bonds. The first-order valence-corrected chi connectivity index (χ1v) is 23.2. The number of hydrogen-bond acceptors (Lipinski definition) is 11. The fourth-order valence-electron chi connectivity index (χ4n) is 5.09. The minimum Gasteiger partial charge on any atom is -0.591 e. The van der Waals surface area contributed by atoms with E-state index in [1.54, 1.807) is 118 Å². The Labute approximate surface area is 333 Å². The molecule has 0 saturated carbocycles. The zero-order valence-electron chi connectivity index (χ0n) is 32.8. The van der Waals surface area contributed by atoms with Crippen LogP contribution in [0.25, 0.3) is 0 Å². The quantitative estimate of drug-likeness (QED) is 0.0367. The number of allylic oxidation sites excluding steroid dienone is 1. The molecular weight excluding hydrogens is 755 g/mol. The lowest BCUT2D eigenvalue weighted by Crippen LogP contribution is -2.61. The Morgan fingerprint density at radius 2 is 1.24 bits per heavy atom. The van der Waals surface area contributed by atoms with E-state index >= 15 is 0 Å². The summed E-state index contributed by atoms with van der Waals surface area (Å²) in [4.78, 5) is 41.5. The minimum atomic E-state index is -2.20. The van der Waals surface area contributed by atoms with Crippen molar-refractivity contribution in [2.24, 2.45) is 4.40 Å². The minimum absolute atomic E-state index is 0.0532. The van der Waals surface area contributed by atoms with Crippen LogP contribution in [-0.2, 0) is 34.7 Å². The van der Waals surface area contributed by atoms with Gasteiger partial charge in [0.15, 0.2) is 26.6 Å². The van der Waals surface area contributed by atoms with Crippen LogP contribution < -0.4 is 0 Å². The van der Waals surface area contributed by atoms with Gasteiger partial charge in [-0.15, -0.1) is 18.3 Å². The van der Waals surface area contributed by atoms with Gasteiger partial charge in [0, 0.05) is 11.9 Å². The number of hydrogen-bond donors (Lipinski definition) is 0. The summed E-state index contributed by atoms with van der Waals surface area (Å²) in [5.41, 5.74) is -0.302. The molecule has 7 atom stereocenters. The molecule has 1 saturated heterocycles. The highest BCUT2D eigenvalue weighted by Crippen LogP contribution is 2.40. The maximum absolute atomic E-state index is 13.9. The van der Waals surface area contributed by atoms with Crippen molar-refractivity contribution in [1.82, 2.24) is 0 Å². The smallest absolute Gasteiger partial charge is 0.338 e. The van der Waals surface area contributed by atoms with Crippen LogP contribution in [0.4, 0.5) is 0 Å². The van der Waals surface area contributed by atoms with Crippen LogP contribution in [0.2, 0.25) is 18.1 Å². The van der Waals surface area contributed by atoms with Gasteiger partial charge in [-0.3, -0.25) is 0 Å². The molecule has 0 radical (unpaired) electrons. The predicted molar refractivity (Wildman–Crippen MR) is 221 cm³/mol. The van der Waals surface area contributed by atoms with Gasteiger partial charge in [-0.05, 0) is 81.7 Å². The Morgan fingerprint density at radius 3 is 1.65 bits per heavy atom. The molecule has 0 aliphatic carbocycles. The Hall–Kier alpha value is -3.72. The maximum atomic E-state index is 13.9. The standard InChI is InChI=1S/C42H53NO9S2Si/c1-10-20-32(28-48-55(8,9)42(5,6)7)53-40-36(52-39(46)31-25-18-13-19-26-31)35(51-38(45)30-23-16-12-17-24-30)34(50-37(44)29-21-14-11-15-22-29)33(49-40)27-43-54(47)41(2,3)4/h10-19,21-27,32-36,40H,1,20,28H2,2-9H3/b43-27+/t32?,33-,34+,35+,36-,40-,54-/m1/s1. The van der Waals surface area contributed by atoms with Crippen LogP contribution in [0.1, 0.15) is 79.0 Å². The second-order valence-corrected chi connectivity index (χ2v) is 23.8. The summed E-state index contributed by atoms with van der Waals surface area (Å²) >= 11 is -0.392. The summed E-state index contributed by atoms with van der Waals surface area (Å²) in [6.07, 6.45) is -1.70. The Bertz CT molecular complexity index is 1750. The molecule has 1 heterocycles. The molecule has 1 aliphatic heterocycles. The molecule has 13 heteroatoms. The second kappa shape index (κ2) is 19.4. The van der Waals surface area contributed by atoms with Crippen LogP contribution in [0.15, 0.2) is 108 Å². The lowest BCUT2D eigenvalue weighted by Gasteiger charge is -2.44. The molecule has 1 aliphatic rings. The third-order valence-electron chi connectivity index (χ3n) is 9.31. The largest absolute Gasteiger partial charge is 0.591 e. The highest BCUT2D eigenvalue weighted by atomic mass is 32.2. The van der Waals surface area contributed by atoms with Gasteiger partial charge in [-0.25, -0.2) is 14.4 Å². The van der Waals surface area contributed by atoms with Crippen LogP contribution in [0.5, 0.6) is 0 Å². The number of esters is 3. The van der Waals surface area contributed by atoms with Crippen molar-refractivity contribution in [2.75, 3.05) is 6.61 Å². The van der Waals surface area contributed by atoms with E-state index in [0.29, 0.717) is 13.0 Å². The summed E-state index contributed by atoms with van der Waals surface area (Å²) in [7, 11) is -2.20. The topological polar surface area (TPSA) is 133 Å². The van der Waals surface area contributed by atoms with Gasteiger partial charge >= 0.3 is 17.9 Å². The normalized spacial score (nSPS) is 21.7. The first kappa shape index (κ1) is 44.0. The molecular formula is C42H53NO9S2Si. The van der Waals surface area contributed by atoms with Gasteiger partial charge in [0.05, 0.1) is 22.9 Å². The highest BCUT2D eigenvalue weighted by molar-refractivity contribution is 8.00. The molecule has 0 spiro atoms.